The standard InChI is InChI=1S/C14H14N4/c1-10(2)18-9-15-17-14(18)13-8-7-11-5-3-4-6-12(11)16-13/h3-10H,1-2H3. The molecule has 4 heteroatoms. The van der Waals surface area contributed by atoms with Crippen molar-refractivity contribution in [2.45, 2.75) is 19.9 Å². The fourth-order valence-corrected chi connectivity index (χ4v) is 1.99. The molecule has 0 unspecified atom stereocenters. The number of nitrogens with zero attached hydrogens (tertiary/aromatic N) is 4. The van der Waals surface area contributed by atoms with Gasteiger partial charge in [-0.25, -0.2) is 4.98 Å². The monoisotopic (exact) mass is 238 g/mol. The van der Waals surface area contributed by atoms with Crippen LogP contribution in [0.25, 0.3) is 22.4 Å². The number of hydrogen-bond acceptors (Lipinski definition) is 3. The second-order valence-corrected chi connectivity index (χ2v) is 4.54. The van der Waals surface area contributed by atoms with E-state index in [0.29, 0.717) is 6.04 Å². The number of hydrogen-bond donors (Lipinski definition) is 0. The highest BCUT2D eigenvalue weighted by atomic mass is 15.3. The van der Waals surface area contributed by atoms with E-state index in [9.17, 15) is 0 Å². The molecule has 1 aromatic carbocycles. The topological polar surface area (TPSA) is 43.6 Å². The number of aromatic nitrogens is 4. The molecular weight excluding hydrogens is 224 g/mol. The van der Waals surface area contributed by atoms with Gasteiger partial charge in [-0.05, 0) is 26.0 Å². The van der Waals surface area contributed by atoms with Gasteiger partial charge in [-0.1, -0.05) is 24.3 Å². The zero-order valence-corrected chi connectivity index (χ0v) is 10.4. The SMILES string of the molecule is CC(C)n1cnnc1-c1ccc2ccccc2n1. The van der Waals surface area contributed by atoms with E-state index in [-0.39, 0.29) is 0 Å². The normalized spacial score (nSPS) is 11.3. The Labute approximate surface area is 105 Å². The van der Waals surface area contributed by atoms with Crippen molar-refractivity contribution >= 4 is 10.9 Å². The molecule has 0 aliphatic carbocycles. The molecule has 0 saturated carbocycles. The summed E-state index contributed by atoms with van der Waals surface area (Å²) >= 11 is 0. The Balaban J connectivity index is 2.16. The number of para-hydroxylation sites is 1. The fraction of sp³-hybridized carbons (Fsp3) is 0.214. The van der Waals surface area contributed by atoms with E-state index in [1.807, 2.05) is 28.8 Å². The molecule has 0 atom stereocenters. The summed E-state index contributed by atoms with van der Waals surface area (Å²) in [7, 11) is 0. The van der Waals surface area contributed by atoms with Gasteiger partial charge >= 0.3 is 0 Å². The molecule has 0 spiro atoms. The van der Waals surface area contributed by atoms with E-state index in [1.54, 1.807) is 6.33 Å². The van der Waals surface area contributed by atoms with Gasteiger partial charge in [0.25, 0.3) is 0 Å². The molecule has 2 aromatic heterocycles. The van der Waals surface area contributed by atoms with Crippen LogP contribution in [0.5, 0.6) is 0 Å². The summed E-state index contributed by atoms with van der Waals surface area (Å²) in [5.74, 6) is 0.816. The van der Waals surface area contributed by atoms with E-state index >= 15 is 0 Å². The van der Waals surface area contributed by atoms with Crippen LogP contribution in [0, 0.1) is 0 Å². The van der Waals surface area contributed by atoms with Gasteiger partial charge in [0.2, 0.25) is 0 Å². The van der Waals surface area contributed by atoms with Gasteiger partial charge in [0.05, 0.1) is 5.52 Å². The summed E-state index contributed by atoms with van der Waals surface area (Å²) in [5, 5.41) is 9.27. The minimum absolute atomic E-state index is 0.322. The van der Waals surface area contributed by atoms with E-state index in [4.69, 9.17) is 0 Å². The van der Waals surface area contributed by atoms with Gasteiger partial charge in [-0.2, -0.15) is 0 Å². The Kier molecular flexibility index (Phi) is 2.55. The Morgan fingerprint density at radius 3 is 2.72 bits per heavy atom. The third-order valence-electron chi connectivity index (χ3n) is 2.96. The molecular formula is C14H14N4. The molecule has 0 aliphatic heterocycles. The van der Waals surface area contributed by atoms with E-state index in [1.165, 1.54) is 0 Å². The molecule has 0 radical (unpaired) electrons. The van der Waals surface area contributed by atoms with Crippen molar-refractivity contribution < 1.29 is 0 Å². The van der Waals surface area contributed by atoms with Crippen LogP contribution in [0.3, 0.4) is 0 Å². The minimum Gasteiger partial charge on any atom is -0.310 e. The lowest BCUT2D eigenvalue weighted by atomic mass is 10.2. The molecule has 0 aliphatic rings. The molecule has 90 valence electrons. The molecule has 3 rings (SSSR count). The van der Waals surface area contributed by atoms with Crippen LogP contribution in [0.2, 0.25) is 0 Å². The van der Waals surface area contributed by atoms with Crippen molar-refractivity contribution in [3.8, 4) is 11.5 Å². The molecule has 4 nitrogen and oxygen atoms in total. The first-order chi connectivity index (χ1) is 8.75. The Morgan fingerprint density at radius 2 is 1.89 bits per heavy atom. The maximum absolute atomic E-state index is 4.64. The fourth-order valence-electron chi connectivity index (χ4n) is 1.99. The maximum atomic E-state index is 4.64. The third kappa shape index (κ3) is 1.76. The highest BCUT2D eigenvalue weighted by Gasteiger charge is 2.11. The first-order valence-electron chi connectivity index (χ1n) is 6.01. The first kappa shape index (κ1) is 10.9. The molecule has 0 amide bonds. The number of pyridine rings is 1. The predicted octanol–water partition coefficient (Wildman–Crippen LogP) is 3.07. The second-order valence-electron chi connectivity index (χ2n) is 4.54. The zero-order chi connectivity index (χ0) is 12.5. The molecule has 0 bridgehead atoms. The van der Waals surface area contributed by atoms with Crippen molar-refractivity contribution in [3.63, 3.8) is 0 Å². The summed E-state index contributed by atoms with van der Waals surface area (Å²) in [6.07, 6.45) is 1.75. The van der Waals surface area contributed by atoms with Crippen LogP contribution in [0.15, 0.2) is 42.7 Å². The van der Waals surface area contributed by atoms with Gasteiger partial charge in [0.1, 0.15) is 12.0 Å². The van der Waals surface area contributed by atoms with Crippen molar-refractivity contribution in [1.82, 2.24) is 19.7 Å². The largest absolute Gasteiger partial charge is 0.310 e. The summed E-state index contributed by atoms with van der Waals surface area (Å²) < 4.78 is 2.02. The summed E-state index contributed by atoms with van der Waals surface area (Å²) in [6.45, 7) is 4.21. The van der Waals surface area contributed by atoms with Crippen LogP contribution in [-0.4, -0.2) is 19.7 Å². The van der Waals surface area contributed by atoms with Gasteiger partial charge < -0.3 is 4.57 Å². The molecule has 3 aromatic rings. The summed E-state index contributed by atoms with van der Waals surface area (Å²) in [6, 6.07) is 12.5. The predicted molar refractivity (Wildman–Crippen MR) is 71.1 cm³/mol. The van der Waals surface area contributed by atoms with E-state index < -0.39 is 0 Å². The lowest BCUT2D eigenvalue weighted by Crippen LogP contribution is -2.02. The zero-order valence-electron chi connectivity index (χ0n) is 10.4. The highest BCUT2D eigenvalue weighted by Crippen LogP contribution is 2.21. The van der Waals surface area contributed by atoms with Crippen LogP contribution in [0.4, 0.5) is 0 Å². The van der Waals surface area contributed by atoms with Crippen LogP contribution in [-0.2, 0) is 0 Å². The third-order valence-corrected chi connectivity index (χ3v) is 2.96. The van der Waals surface area contributed by atoms with Crippen molar-refractivity contribution in [2.75, 3.05) is 0 Å². The second kappa shape index (κ2) is 4.22. The van der Waals surface area contributed by atoms with Crippen LogP contribution < -0.4 is 0 Å². The van der Waals surface area contributed by atoms with Crippen molar-refractivity contribution in [1.29, 1.82) is 0 Å². The van der Waals surface area contributed by atoms with Crippen molar-refractivity contribution in [2.24, 2.45) is 0 Å². The number of fused-ring (bicyclic) bond motifs is 1. The average Bonchev–Trinajstić information content (AvgIpc) is 2.87. The molecule has 0 fully saturated rings. The summed E-state index contributed by atoms with van der Waals surface area (Å²) in [5.41, 5.74) is 1.84. The van der Waals surface area contributed by atoms with E-state index in [2.05, 4.69) is 41.2 Å². The molecule has 18 heavy (non-hydrogen) atoms. The smallest absolute Gasteiger partial charge is 0.182 e. The summed E-state index contributed by atoms with van der Waals surface area (Å²) in [4.78, 5) is 4.64. The average molecular weight is 238 g/mol. The highest BCUT2D eigenvalue weighted by molar-refractivity contribution is 5.80. The quantitative estimate of drug-likeness (QED) is 0.689. The lowest BCUT2D eigenvalue weighted by Gasteiger charge is -2.09. The number of benzene rings is 1. The number of rotatable bonds is 2. The van der Waals surface area contributed by atoms with Gasteiger partial charge in [0, 0.05) is 11.4 Å². The molecule has 0 saturated heterocycles. The first-order valence-corrected chi connectivity index (χ1v) is 6.01. The maximum Gasteiger partial charge on any atom is 0.182 e. The van der Waals surface area contributed by atoms with Crippen molar-refractivity contribution in [3.05, 3.63) is 42.7 Å². The Morgan fingerprint density at radius 1 is 1.06 bits per heavy atom. The van der Waals surface area contributed by atoms with E-state index in [0.717, 1.165) is 22.4 Å². The lowest BCUT2D eigenvalue weighted by molar-refractivity contribution is 0.603. The van der Waals surface area contributed by atoms with Gasteiger partial charge in [-0.3, -0.25) is 0 Å². The van der Waals surface area contributed by atoms with Gasteiger partial charge in [-0.15, -0.1) is 10.2 Å². The Bertz CT molecular complexity index is 685. The molecule has 2 heterocycles. The Hall–Kier alpha value is -2.23. The molecule has 0 N–H and O–H groups in total. The van der Waals surface area contributed by atoms with Crippen LogP contribution >= 0.6 is 0 Å². The minimum atomic E-state index is 0.322. The van der Waals surface area contributed by atoms with Gasteiger partial charge in [0.15, 0.2) is 5.82 Å². The van der Waals surface area contributed by atoms with Crippen LogP contribution in [0.1, 0.15) is 19.9 Å².